The van der Waals surface area contributed by atoms with Gasteiger partial charge in [0.1, 0.15) is 92.6 Å². The number of nitrogens with two attached hydrogens (primary N) is 2. The van der Waals surface area contributed by atoms with Gasteiger partial charge in [-0.2, -0.15) is 0 Å². The second-order valence-corrected chi connectivity index (χ2v) is 37.2. The second kappa shape index (κ2) is 47.9. The Labute approximate surface area is 743 Å². The van der Waals surface area contributed by atoms with Gasteiger partial charge in [0.05, 0.1) is 25.8 Å². The monoisotopic (exact) mass is 1800 g/mol. The van der Waals surface area contributed by atoms with Gasteiger partial charge in [0.25, 0.3) is 0 Å². The summed E-state index contributed by atoms with van der Waals surface area (Å²) in [4.78, 5) is 274. The van der Waals surface area contributed by atoms with Crippen LogP contribution in [0.2, 0.25) is 0 Å². The zero-order valence-electron chi connectivity index (χ0n) is 78.1. The molecule has 23 N–H and O–H groups in total. The van der Waals surface area contributed by atoms with Gasteiger partial charge in [-0.15, -0.1) is 0 Å². The van der Waals surface area contributed by atoms with E-state index in [2.05, 4.69) is 90.4 Å². The summed E-state index contributed by atoms with van der Waals surface area (Å²) >= 11 is 0. The third-order valence-corrected chi connectivity index (χ3v) is 21.4. The van der Waals surface area contributed by atoms with E-state index in [1.807, 2.05) is 0 Å². The minimum Gasteiger partial charge on any atom is -0.394 e. The number of aliphatic hydroxyl groups excluding tert-OH is 2. The fourth-order valence-corrected chi connectivity index (χ4v) is 13.0. The van der Waals surface area contributed by atoms with Crippen LogP contribution in [0.15, 0.2) is 30.3 Å². The van der Waals surface area contributed by atoms with Crippen LogP contribution in [0, 0.1) is 17.8 Å². The van der Waals surface area contributed by atoms with E-state index in [4.69, 9.17) is 11.5 Å². The first-order valence-electron chi connectivity index (χ1n) is 42.7. The zero-order valence-corrected chi connectivity index (χ0v) is 78.1. The van der Waals surface area contributed by atoms with E-state index in [1.165, 1.54) is 130 Å². The number of carbonyl (C=O) groups excluding carboxylic acids is 20. The minimum atomic E-state index is -1.91. The summed E-state index contributed by atoms with van der Waals surface area (Å²) in [5, 5.41) is 63.5. The summed E-state index contributed by atoms with van der Waals surface area (Å²) < 4.78 is 0. The van der Waals surface area contributed by atoms with Crippen molar-refractivity contribution < 1.29 is 106 Å². The van der Waals surface area contributed by atoms with Crippen molar-refractivity contribution in [3.63, 3.8) is 0 Å². The first-order valence-corrected chi connectivity index (χ1v) is 42.7. The highest BCUT2D eigenvalue weighted by Crippen LogP contribution is 2.25. The number of rotatable bonds is 51. The lowest BCUT2D eigenvalue weighted by Gasteiger charge is -2.36. The van der Waals surface area contributed by atoms with Crippen LogP contribution in [0.1, 0.15) is 236 Å². The van der Waals surface area contributed by atoms with Gasteiger partial charge in [-0.3, -0.25) is 95.9 Å². The second-order valence-electron chi connectivity index (χ2n) is 37.2. The Kier molecular flexibility index (Phi) is 42.1. The molecule has 0 saturated carbocycles. The predicted octanol–water partition coefficient (Wildman–Crippen LogP) is -3.54. The smallest absolute Gasteiger partial charge is 0.248 e. The Morgan fingerprint density at radius 2 is 0.850 bits per heavy atom. The maximum atomic E-state index is 14.6. The third kappa shape index (κ3) is 35.0. The molecule has 1 aromatic rings. The molecule has 1 saturated heterocycles. The molecule has 42 heteroatoms. The average molecular weight is 1800 g/mol. The van der Waals surface area contributed by atoms with Crippen LogP contribution in [0.5, 0.6) is 0 Å². The lowest BCUT2D eigenvalue weighted by Crippen LogP contribution is -2.67. The van der Waals surface area contributed by atoms with E-state index in [1.54, 1.807) is 71.9 Å². The van der Waals surface area contributed by atoms with Crippen LogP contribution < -0.4 is 102 Å². The molecule has 0 aliphatic carbocycles. The highest BCUT2D eigenvalue weighted by molar-refractivity contribution is 6.04. The number of aliphatic hydroxyl groups is 2. The Morgan fingerprint density at radius 1 is 0.425 bits per heavy atom. The first kappa shape index (κ1) is 112. The average Bonchev–Trinajstić information content (AvgIpc) is 1.64. The van der Waals surface area contributed by atoms with Crippen LogP contribution in [-0.4, -0.2) is 258 Å². The lowest BCUT2D eigenvalue weighted by atomic mass is 9.91. The van der Waals surface area contributed by atoms with Crippen molar-refractivity contribution in [1.29, 1.82) is 0 Å². The van der Waals surface area contributed by atoms with Crippen LogP contribution in [-0.2, 0) is 102 Å². The molecule has 11 atom stereocenters. The van der Waals surface area contributed by atoms with Gasteiger partial charge in [-0.25, -0.2) is 0 Å². The maximum absolute atomic E-state index is 14.6. The van der Waals surface area contributed by atoms with Crippen LogP contribution >= 0.6 is 0 Å². The SMILES string of the molecule is CCC(C)(NC(=O)C(C)NC(=O)C(CO)NC(=O)C(C)(C)NC(C)=O)C(=O)NC(C)(CC)C(=O)NC(CCC(N)=O)C(=O)NC(C)(C)C(=O)NC(C(=O)NC(C)(C)C(=O)NCC(=O)NC(CC(C)C)C(=O)NC(C)(C)C(=O)N1CCCC1C(=O)NC(CC(C)C)C(=O)NC(C)(C)C(=O)NC(C)(C)C(=O)NC(CCC(N)=O)C(=O)NC(CO)Cc1ccccc1)C(C)C. The summed E-state index contributed by atoms with van der Waals surface area (Å²) in [5.74, 6) is -18.0. The summed E-state index contributed by atoms with van der Waals surface area (Å²) in [5.41, 5.74) is -2.43. The molecule has 42 nitrogen and oxygen atoms in total. The molecule has 0 radical (unpaired) electrons. The number of nitrogens with zero attached hydrogens (tertiary/aromatic N) is 1. The number of hydrogen-bond acceptors (Lipinski definition) is 22. The van der Waals surface area contributed by atoms with Crippen molar-refractivity contribution in [3.8, 4) is 0 Å². The highest BCUT2D eigenvalue weighted by atomic mass is 16.3. The molecular formula is C85H142N20O22. The van der Waals surface area contributed by atoms with E-state index in [-0.39, 0.29) is 69.7 Å². The predicted molar refractivity (Wildman–Crippen MR) is 466 cm³/mol. The topological polar surface area (TPSA) is 642 Å². The third-order valence-electron chi connectivity index (χ3n) is 21.4. The van der Waals surface area contributed by atoms with E-state index in [0.717, 1.165) is 5.56 Å². The van der Waals surface area contributed by atoms with Crippen molar-refractivity contribution >= 4 is 118 Å². The minimum absolute atomic E-state index is 0.0268. The van der Waals surface area contributed by atoms with Crippen molar-refractivity contribution in [2.45, 2.75) is 335 Å². The van der Waals surface area contributed by atoms with Gasteiger partial charge in [0.2, 0.25) is 118 Å². The van der Waals surface area contributed by atoms with E-state index >= 15 is 0 Å². The largest absolute Gasteiger partial charge is 0.394 e. The molecule has 20 amide bonds. The molecule has 0 spiro atoms. The van der Waals surface area contributed by atoms with Crippen LogP contribution in [0.4, 0.5) is 0 Å². The molecule has 1 aromatic carbocycles. The maximum Gasteiger partial charge on any atom is 0.248 e. The van der Waals surface area contributed by atoms with Crippen molar-refractivity contribution in [1.82, 2.24) is 95.3 Å². The van der Waals surface area contributed by atoms with Crippen molar-refractivity contribution in [3.05, 3.63) is 35.9 Å². The van der Waals surface area contributed by atoms with E-state index in [9.17, 15) is 106 Å². The number of carbonyl (C=O) groups is 20. The number of benzene rings is 1. The first-order chi connectivity index (χ1) is 58.3. The summed E-state index contributed by atoms with van der Waals surface area (Å²) in [6.45, 7) is 32.5. The highest BCUT2D eigenvalue weighted by Gasteiger charge is 2.48. The van der Waals surface area contributed by atoms with Crippen molar-refractivity contribution in [2.75, 3.05) is 26.3 Å². The van der Waals surface area contributed by atoms with E-state index in [0.29, 0.717) is 6.42 Å². The summed E-state index contributed by atoms with van der Waals surface area (Å²) in [7, 11) is 0. The Bertz CT molecular complexity index is 4150. The molecule has 1 heterocycles. The fourth-order valence-electron chi connectivity index (χ4n) is 13.0. The Hall–Kier alpha value is -11.5. The molecule has 714 valence electrons. The van der Waals surface area contributed by atoms with Gasteiger partial charge < -0.3 is 117 Å². The quantitative estimate of drug-likeness (QED) is 0.0300. The van der Waals surface area contributed by atoms with Gasteiger partial charge in [0.15, 0.2) is 0 Å². The number of amides is 20. The van der Waals surface area contributed by atoms with Gasteiger partial charge in [-0.05, 0) is 185 Å². The molecule has 2 rings (SSSR count). The van der Waals surface area contributed by atoms with Gasteiger partial charge in [-0.1, -0.05) is 85.7 Å². The van der Waals surface area contributed by atoms with Crippen LogP contribution in [0.3, 0.4) is 0 Å². The molecule has 0 bridgehead atoms. The number of likely N-dealkylation sites (tertiary alicyclic amines) is 1. The normalized spacial score (nSPS) is 16.0. The summed E-state index contributed by atoms with van der Waals surface area (Å²) in [6, 6.07) is -2.80. The molecule has 0 aromatic heterocycles. The van der Waals surface area contributed by atoms with Gasteiger partial charge in [0, 0.05) is 26.3 Å². The fraction of sp³-hybridized carbons (Fsp3) is 0.694. The Morgan fingerprint density at radius 3 is 1.33 bits per heavy atom. The molecular weight excluding hydrogens is 1650 g/mol. The molecule has 11 unspecified atom stereocenters. The standard InChI is InChI=1S/C85H142N20O22/c1-25-84(23,104-76(126)85(24,26-2)102-62(112)48(9)89-64(114)56(44-107)95-71(121)79(13,14)97-49(10)108)75(125)94-53(35-37-59(87)110)65(115)98-80(15,16)73(123)96-61(47(7)8)69(119)101-78(11,12)70(120)88-42-60(111)91-54(39-45(3)4)66(116)100-83(21,22)77(127)105-38-30-33-57(105)68(118)92-55(40-46(5)6)67(117)99-82(19,20)74(124)103-81(17,18)72(122)93-52(34-36-58(86)109)63(113)90-51(43-106)41-50-31-28-27-29-32-50/h27-29,31-32,45-48,51-57,61,106-107H,25-26,30,33-44H2,1-24H3,(H2,86,109)(H2,87,110)(H,88,120)(H,89,114)(H,90,113)(H,91,111)(H,92,118)(H,93,122)(H,94,125)(H,95,121)(H,96,123)(H,97,108)(H,98,115)(H,99,117)(H,100,116)(H,101,119)(H,102,112)(H,103,124)(H,104,126). The van der Waals surface area contributed by atoms with Gasteiger partial charge >= 0.3 is 0 Å². The summed E-state index contributed by atoms with van der Waals surface area (Å²) in [6.07, 6.45) is -0.820. The molecule has 1 aliphatic heterocycles. The van der Waals surface area contributed by atoms with E-state index < -0.39 is 255 Å². The molecule has 1 fully saturated rings. The molecule has 1 aliphatic rings. The number of primary amides is 2. The zero-order chi connectivity index (χ0) is 97.8. The lowest BCUT2D eigenvalue weighted by molar-refractivity contribution is -0.145. The van der Waals surface area contributed by atoms with Crippen molar-refractivity contribution in [2.24, 2.45) is 29.2 Å². The Balaban J connectivity index is 2.21. The number of hydrogen-bond donors (Lipinski definition) is 21. The molecule has 127 heavy (non-hydrogen) atoms. The number of nitrogens with one attached hydrogen (secondary N) is 17. The van der Waals surface area contributed by atoms with Crippen LogP contribution in [0.25, 0.3) is 0 Å².